The lowest BCUT2D eigenvalue weighted by Crippen LogP contribution is -2.40. The standard InChI is InChI=1S/C31H64N4O4/c1-28(2,3)22-30(7,8)24-32-26(38)12-16-34(14-11-15-35(18-20-36)19-21-37)17-13-27(39)33-25-31(9,10)23-29(4,5)6/h36-37H,11-25H2,1-10H3,(H,32,38)(H,33,39). The second kappa shape index (κ2) is 17.6. The van der Waals surface area contributed by atoms with E-state index in [0.717, 1.165) is 32.4 Å². The van der Waals surface area contributed by atoms with Crippen molar-refractivity contribution in [1.29, 1.82) is 0 Å². The summed E-state index contributed by atoms with van der Waals surface area (Å²) in [7, 11) is 0. The fourth-order valence-electron chi connectivity index (χ4n) is 5.84. The minimum atomic E-state index is 0.0231. The van der Waals surface area contributed by atoms with Crippen LogP contribution in [0.2, 0.25) is 0 Å². The Morgan fingerprint density at radius 2 is 0.897 bits per heavy atom. The average Bonchev–Trinajstić information content (AvgIpc) is 2.75. The van der Waals surface area contributed by atoms with Crippen molar-refractivity contribution < 1.29 is 19.8 Å². The first-order chi connectivity index (χ1) is 17.8. The van der Waals surface area contributed by atoms with Crippen LogP contribution in [-0.4, -0.2) is 97.4 Å². The molecule has 0 aromatic rings. The molecule has 0 atom stereocenters. The number of carbonyl (C=O) groups is 2. The minimum absolute atomic E-state index is 0.0231. The quantitative estimate of drug-likeness (QED) is 0.181. The van der Waals surface area contributed by atoms with Crippen molar-refractivity contribution >= 4 is 11.8 Å². The van der Waals surface area contributed by atoms with Crippen LogP contribution in [0.3, 0.4) is 0 Å². The molecule has 0 radical (unpaired) electrons. The first kappa shape index (κ1) is 37.8. The Morgan fingerprint density at radius 1 is 0.564 bits per heavy atom. The Labute approximate surface area is 240 Å². The highest BCUT2D eigenvalue weighted by molar-refractivity contribution is 5.76. The first-order valence-electron chi connectivity index (χ1n) is 15.0. The lowest BCUT2D eigenvalue weighted by atomic mass is 9.76. The van der Waals surface area contributed by atoms with E-state index >= 15 is 0 Å². The molecule has 0 bridgehead atoms. The topological polar surface area (TPSA) is 105 Å². The molecule has 0 aliphatic rings. The van der Waals surface area contributed by atoms with E-state index in [4.69, 9.17) is 0 Å². The zero-order chi connectivity index (χ0) is 30.3. The maximum atomic E-state index is 12.7. The van der Waals surface area contributed by atoms with Gasteiger partial charge in [0.1, 0.15) is 0 Å². The molecule has 0 aliphatic carbocycles. The van der Waals surface area contributed by atoms with E-state index < -0.39 is 0 Å². The SMILES string of the molecule is CC(C)(C)CC(C)(C)CNC(=O)CCN(CCCN(CCO)CCO)CCC(=O)NCC(C)(C)CC(C)(C)C. The van der Waals surface area contributed by atoms with Crippen molar-refractivity contribution in [3.8, 4) is 0 Å². The number of nitrogens with one attached hydrogen (secondary N) is 2. The number of amides is 2. The molecule has 0 spiro atoms. The van der Waals surface area contributed by atoms with E-state index in [1.807, 2.05) is 4.90 Å². The second-order valence-electron chi connectivity index (χ2n) is 15.3. The van der Waals surface area contributed by atoms with Crippen LogP contribution in [-0.2, 0) is 9.59 Å². The molecule has 0 rings (SSSR count). The molecular weight excluding hydrogens is 492 g/mol. The summed E-state index contributed by atoms with van der Waals surface area (Å²) < 4.78 is 0. The maximum absolute atomic E-state index is 12.7. The van der Waals surface area contributed by atoms with E-state index in [1.165, 1.54) is 0 Å². The van der Waals surface area contributed by atoms with Gasteiger partial charge in [-0.3, -0.25) is 14.5 Å². The number of aliphatic hydroxyl groups excluding tert-OH is 2. The number of rotatable bonds is 20. The first-order valence-corrected chi connectivity index (χ1v) is 15.0. The summed E-state index contributed by atoms with van der Waals surface area (Å²) in [5.74, 6) is 0.0788. The third-order valence-corrected chi connectivity index (χ3v) is 6.64. The molecule has 0 unspecified atom stereocenters. The fraction of sp³-hybridized carbons (Fsp3) is 0.935. The number of hydrogen-bond donors (Lipinski definition) is 4. The maximum Gasteiger partial charge on any atom is 0.221 e. The van der Waals surface area contributed by atoms with Crippen molar-refractivity contribution in [3.05, 3.63) is 0 Å². The Balaban J connectivity index is 4.93. The zero-order valence-corrected chi connectivity index (χ0v) is 27.2. The van der Waals surface area contributed by atoms with E-state index in [0.29, 0.717) is 52.1 Å². The van der Waals surface area contributed by atoms with Crippen LogP contribution in [0, 0.1) is 21.7 Å². The van der Waals surface area contributed by atoms with Gasteiger partial charge in [-0.1, -0.05) is 69.2 Å². The van der Waals surface area contributed by atoms with E-state index in [-0.39, 0.29) is 46.7 Å². The summed E-state index contributed by atoms with van der Waals surface area (Å²) in [5.41, 5.74) is 0.450. The largest absolute Gasteiger partial charge is 0.395 e. The second-order valence-corrected chi connectivity index (χ2v) is 15.3. The predicted molar refractivity (Wildman–Crippen MR) is 163 cm³/mol. The third-order valence-electron chi connectivity index (χ3n) is 6.64. The van der Waals surface area contributed by atoms with Crippen molar-refractivity contribution in [1.82, 2.24) is 20.4 Å². The number of carbonyl (C=O) groups excluding carboxylic acids is 2. The highest BCUT2D eigenvalue weighted by atomic mass is 16.3. The number of nitrogens with zero attached hydrogens (tertiary/aromatic N) is 2. The fourth-order valence-corrected chi connectivity index (χ4v) is 5.84. The van der Waals surface area contributed by atoms with E-state index in [2.05, 4.69) is 84.8 Å². The van der Waals surface area contributed by atoms with Gasteiger partial charge in [0, 0.05) is 52.1 Å². The van der Waals surface area contributed by atoms with E-state index in [1.54, 1.807) is 0 Å². The minimum Gasteiger partial charge on any atom is -0.395 e. The Morgan fingerprint density at radius 3 is 1.21 bits per heavy atom. The van der Waals surface area contributed by atoms with Crippen LogP contribution in [0.1, 0.15) is 101 Å². The summed E-state index contributed by atoms with van der Waals surface area (Å²) in [5, 5.41) is 24.8. The zero-order valence-electron chi connectivity index (χ0n) is 27.2. The molecule has 4 N–H and O–H groups in total. The highest BCUT2D eigenvalue weighted by Crippen LogP contribution is 2.33. The van der Waals surface area contributed by atoms with Crippen molar-refractivity contribution in [2.24, 2.45) is 21.7 Å². The van der Waals surface area contributed by atoms with Crippen molar-refractivity contribution in [2.75, 3.05) is 65.6 Å². The van der Waals surface area contributed by atoms with Crippen molar-refractivity contribution in [3.63, 3.8) is 0 Å². The lowest BCUT2D eigenvalue weighted by Gasteiger charge is -2.33. The normalized spacial score (nSPS) is 13.3. The van der Waals surface area contributed by atoms with Crippen LogP contribution in [0.15, 0.2) is 0 Å². The molecule has 0 saturated heterocycles. The summed E-state index contributed by atoms with van der Waals surface area (Å²) in [6, 6.07) is 0. The van der Waals surface area contributed by atoms with Gasteiger partial charge in [-0.2, -0.15) is 0 Å². The molecule has 0 saturated carbocycles. The molecule has 0 aromatic heterocycles. The predicted octanol–water partition coefficient (Wildman–Crippen LogP) is 3.90. The Hall–Kier alpha value is -1.22. The van der Waals surface area contributed by atoms with Gasteiger partial charge in [0.25, 0.3) is 0 Å². The Kier molecular flexibility index (Phi) is 17.0. The number of hydrogen-bond acceptors (Lipinski definition) is 6. The number of aliphatic hydroxyl groups is 2. The van der Waals surface area contributed by atoms with Crippen LogP contribution in [0.4, 0.5) is 0 Å². The van der Waals surface area contributed by atoms with Crippen LogP contribution < -0.4 is 10.6 Å². The van der Waals surface area contributed by atoms with Gasteiger partial charge in [0.2, 0.25) is 11.8 Å². The van der Waals surface area contributed by atoms with Gasteiger partial charge in [0.05, 0.1) is 13.2 Å². The molecule has 2 amide bonds. The highest BCUT2D eigenvalue weighted by Gasteiger charge is 2.27. The third kappa shape index (κ3) is 22.2. The smallest absolute Gasteiger partial charge is 0.221 e. The summed E-state index contributed by atoms with van der Waals surface area (Å²) >= 11 is 0. The van der Waals surface area contributed by atoms with Crippen LogP contribution >= 0.6 is 0 Å². The molecule has 232 valence electrons. The van der Waals surface area contributed by atoms with Gasteiger partial charge in [-0.25, -0.2) is 0 Å². The van der Waals surface area contributed by atoms with Crippen molar-refractivity contribution in [2.45, 2.75) is 101 Å². The lowest BCUT2D eigenvalue weighted by molar-refractivity contribution is -0.122. The molecule has 0 aliphatic heterocycles. The van der Waals surface area contributed by atoms with Crippen LogP contribution in [0.25, 0.3) is 0 Å². The molecule has 0 aromatic carbocycles. The molecule has 8 heteroatoms. The summed E-state index contributed by atoms with van der Waals surface area (Å²) in [4.78, 5) is 29.6. The van der Waals surface area contributed by atoms with Gasteiger partial charge in [0.15, 0.2) is 0 Å². The molecular formula is C31H64N4O4. The average molecular weight is 557 g/mol. The van der Waals surface area contributed by atoms with Crippen LogP contribution in [0.5, 0.6) is 0 Å². The molecule has 39 heavy (non-hydrogen) atoms. The van der Waals surface area contributed by atoms with Gasteiger partial charge in [-0.15, -0.1) is 0 Å². The van der Waals surface area contributed by atoms with E-state index in [9.17, 15) is 19.8 Å². The van der Waals surface area contributed by atoms with Gasteiger partial charge >= 0.3 is 0 Å². The molecule has 0 heterocycles. The molecule has 0 fully saturated rings. The molecule has 8 nitrogen and oxygen atoms in total. The monoisotopic (exact) mass is 556 g/mol. The summed E-state index contributed by atoms with van der Waals surface area (Å²) in [6.07, 6.45) is 3.66. The summed E-state index contributed by atoms with van der Waals surface area (Å²) in [6.45, 7) is 27.2. The van der Waals surface area contributed by atoms with Gasteiger partial charge < -0.3 is 25.7 Å². The Bertz CT molecular complexity index is 642. The van der Waals surface area contributed by atoms with Gasteiger partial charge in [-0.05, 0) is 54.0 Å².